The van der Waals surface area contributed by atoms with Crippen molar-refractivity contribution in [3.05, 3.63) is 35.4 Å². The van der Waals surface area contributed by atoms with Gasteiger partial charge in [-0.3, -0.25) is 4.79 Å². The summed E-state index contributed by atoms with van der Waals surface area (Å²) in [6.45, 7) is 0. The molecule has 0 amide bonds. The lowest BCUT2D eigenvalue weighted by atomic mass is 10.0. The number of aldehydes is 1. The molecule has 2 rings (SSSR count). The van der Waals surface area contributed by atoms with Gasteiger partial charge in [-0.25, -0.2) is 8.78 Å². The van der Waals surface area contributed by atoms with E-state index in [1.165, 1.54) is 0 Å². The zero-order valence-corrected chi connectivity index (χ0v) is 6.84. The van der Waals surface area contributed by atoms with Gasteiger partial charge in [0.2, 0.25) is 0 Å². The van der Waals surface area contributed by atoms with E-state index < -0.39 is 11.8 Å². The maximum atomic E-state index is 12.7. The molecular formula is C10H8F2O. The fraction of sp³-hybridized carbons (Fsp3) is 0.300. The highest BCUT2D eigenvalue weighted by Gasteiger charge is 2.58. The quantitative estimate of drug-likeness (QED) is 0.642. The third-order valence-electron chi connectivity index (χ3n) is 2.32. The van der Waals surface area contributed by atoms with Crippen LogP contribution < -0.4 is 0 Å². The van der Waals surface area contributed by atoms with E-state index in [1.54, 1.807) is 24.3 Å². The SMILES string of the molecule is O=Cc1ccccc1C1CC1(F)F. The van der Waals surface area contributed by atoms with Gasteiger partial charge < -0.3 is 0 Å². The van der Waals surface area contributed by atoms with E-state index in [2.05, 4.69) is 0 Å². The monoisotopic (exact) mass is 182 g/mol. The van der Waals surface area contributed by atoms with E-state index in [-0.39, 0.29) is 6.42 Å². The third-order valence-corrected chi connectivity index (χ3v) is 2.32. The minimum atomic E-state index is -2.60. The van der Waals surface area contributed by atoms with Gasteiger partial charge in [0.1, 0.15) is 6.29 Å². The number of carbonyl (C=O) groups excluding carboxylic acids is 1. The van der Waals surface area contributed by atoms with E-state index in [1.807, 2.05) is 0 Å². The molecule has 0 aliphatic heterocycles. The lowest BCUT2D eigenvalue weighted by Gasteiger charge is -2.01. The molecule has 1 nitrogen and oxygen atoms in total. The van der Waals surface area contributed by atoms with Crippen molar-refractivity contribution in [2.24, 2.45) is 0 Å². The van der Waals surface area contributed by atoms with Crippen molar-refractivity contribution >= 4 is 6.29 Å². The van der Waals surface area contributed by atoms with Crippen LogP contribution in [0.2, 0.25) is 0 Å². The molecule has 1 aliphatic carbocycles. The number of carbonyl (C=O) groups is 1. The van der Waals surface area contributed by atoms with Crippen molar-refractivity contribution in [1.82, 2.24) is 0 Å². The summed E-state index contributed by atoms with van der Waals surface area (Å²) in [5.74, 6) is -3.34. The summed E-state index contributed by atoms with van der Waals surface area (Å²) in [6, 6.07) is 6.51. The number of alkyl halides is 2. The summed E-state index contributed by atoms with van der Waals surface area (Å²) in [5, 5.41) is 0. The van der Waals surface area contributed by atoms with E-state index >= 15 is 0 Å². The first-order valence-electron chi connectivity index (χ1n) is 4.07. The van der Waals surface area contributed by atoms with Crippen molar-refractivity contribution in [2.75, 3.05) is 0 Å². The molecule has 13 heavy (non-hydrogen) atoms. The van der Waals surface area contributed by atoms with Crippen molar-refractivity contribution < 1.29 is 13.6 Å². The largest absolute Gasteiger partial charge is 0.298 e. The molecule has 0 bridgehead atoms. The zero-order valence-electron chi connectivity index (χ0n) is 6.84. The van der Waals surface area contributed by atoms with Crippen LogP contribution in [0.3, 0.4) is 0 Å². The summed E-state index contributed by atoms with van der Waals surface area (Å²) in [5.41, 5.74) is 0.854. The van der Waals surface area contributed by atoms with Crippen molar-refractivity contribution in [2.45, 2.75) is 18.3 Å². The van der Waals surface area contributed by atoms with Crippen molar-refractivity contribution in [1.29, 1.82) is 0 Å². The standard InChI is InChI=1S/C10H8F2O/c11-10(12)5-9(10)8-4-2-1-3-7(8)6-13/h1-4,6,9H,5H2. The number of hydrogen-bond acceptors (Lipinski definition) is 1. The Morgan fingerprint density at radius 3 is 2.54 bits per heavy atom. The number of halogens is 2. The normalized spacial score (nSPS) is 24.0. The lowest BCUT2D eigenvalue weighted by Crippen LogP contribution is -1.96. The molecule has 68 valence electrons. The predicted octanol–water partition coefficient (Wildman–Crippen LogP) is 2.62. The Morgan fingerprint density at radius 2 is 2.00 bits per heavy atom. The smallest absolute Gasteiger partial charge is 0.255 e. The van der Waals surface area contributed by atoms with Crippen LogP contribution in [0.25, 0.3) is 0 Å². The van der Waals surface area contributed by atoms with E-state index in [0.29, 0.717) is 17.4 Å². The summed E-state index contributed by atoms with van der Waals surface area (Å²) in [7, 11) is 0. The number of rotatable bonds is 2. The molecule has 1 aliphatic rings. The minimum Gasteiger partial charge on any atom is -0.298 e. The topological polar surface area (TPSA) is 17.1 Å². The highest BCUT2D eigenvalue weighted by Crippen LogP contribution is 2.56. The molecule has 1 aromatic carbocycles. The van der Waals surface area contributed by atoms with Gasteiger partial charge >= 0.3 is 0 Å². The van der Waals surface area contributed by atoms with Crippen LogP contribution in [0.15, 0.2) is 24.3 Å². The Hall–Kier alpha value is -1.25. The Kier molecular flexibility index (Phi) is 1.68. The average Bonchev–Trinajstić information content (AvgIpc) is 2.75. The van der Waals surface area contributed by atoms with Crippen LogP contribution in [0.5, 0.6) is 0 Å². The molecule has 0 aromatic heterocycles. The molecule has 1 atom stereocenters. The van der Waals surface area contributed by atoms with Crippen LogP contribution >= 0.6 is 0 Å². The molecule has 0 N–H and O–H groups in total. The fourth-order valence-corrected chi connectivity index (χ4v) is 1.49. The van der Waals surface area contributed by atoms with Gasteiger partial charge in [0.15, 0.2) is 0 Å². The third kappa shape index (κ3) is 1.34. The van der Waals surface area contributed by atoms with Crippen LogP contribution in [0, 0.1) is 0 Å². The van der Waals surface area contributed by atoms with Gasteiger partial charge in [-0.1, -0.05) is 24.3 Å². The molecule has 0 saturated heterocycles. The predicted molar refractivity (Wildman–Crippen MR) is 44.1 cm³/mol. The average molecular weight is 182 g/mol. The molecule has 1 aromatic rings. The molecule has 1 unspecified atom stereocenters. The zero-order chi connectivity index (χ0) is 9.47. The Balaban J connectivity index is 2.36. The second kappa shape index (κ2) is 2.62. The lowest BCUT2D eigenvalue weighted by molar-refractivity contribution is 0.110. The minimum absolute atomic E-state index is 0.127. The van der Waals surface area contributed by atoms with Crippen LogP contribution in [-0.2, 0) is 0 Å². The van der Waals surface area contributed by atoms with Gasteiger partial charge in [0, 0.05) is 12.0 Å². The summed E-state index contributed by atoms with van der Waals surface area (Å²) >= 11 is 0. The van der Waals surface area contributed by atoms with Gasteiger partial charge in [0.25, 0.3) is 5.92 Å². The molecule has 0 spiro atoms. The van der Waals surface area contributed by atoms with Gasteiger partial charge in [-0.05, 0) is 5.56 Å². The molecule has 1 saturated carbocycles. The van der Waals surface area contributed by atoms with Gasteiger partial charge in [-0.2, -0.15) is 0 Å². The molecule has 3 heteroatoms. The first-order chi connectivity index (χ1) is 6.15. The number of benzene rings is 1. The van der Waals surface area contributed by atoms with Crippen molar-refractivity contribution in [3.63, 3.8) is 0 Å². The summed E-state index contributed by atoms with van der Waals surface area (Å²) in [4.78, 5) is 10.5. The Labute approximate surface area is 74.4 Å². The van der Waals surface area contributed by atoms with Crippen LogP contribution in [0.1, 0.15) is 28.3 Å². The van der Waals surface area contributed by atoms with Gasteiger partial charge in [-0.15, -0.1) is 0 Å². The highest BCUT2D eigenvalue weighted by molar-refractivity contribution is 5.78. The fourth-order valence-electron chi connectivity index (χ4n) is 1.49. The Morgan fingerprint density at radius 1 is 1.38 bits per heavy atom. The van der Waals surface area contributed by atoms with E-state index in [0.717, 1.165) is 0 Å². The first-order valence-corrected chi connectivity index (χ1v) is 4.07. The van der Waals surface area contributed by atoms with Gasteiger partial charge in [0.05, 0.1) is 5.92 Å². The number of hydrogen-bond donors (Lipinski definition) is 0. The molecule has 1 fully saturated rings. The van der Waals surface area contributed by atoms with Crippen molar-refractivity contribution in [3.8, 4) is 0 Å². The maximum absolute atomic E-state index is 12.7. The molecule has 0 heterocycles. The van der Waals surface area contributed by atoms with Crippen LogP contribution in [0.4, 0.5) is 8.78 Å². The first kappa shape index (κ1) is 8.35. The summed E-state index contributed by atoms with van der Waals surface area (Å²) in [6.07, 6.45) is 0.502. The Bertz CT molecular complexity index is 347. The second-order valence-electron chi connectivity index (χ2n) is 3.26. The van der Waals surface area contributed by atoms with E-state index in [4.69, 9.17) is 0 Å². The maximum Gasteiger partial charge on any atom is 0.255 e. The van der Waals surface area contributed by atoms with Crippen LogP contribution in [-0.4, -0.2) is 12.2 Å². The summed E-state index contributed by atoms with van der Waals surface area (Å²) < 4.78 is 25.4. The second-order valence-corrected chi connectivity index (χ2v) is 3.26. The van der Waals surface area contributed by atoms with E-state index in [9.17, 15) is 13.6 Å². The highest BCUT2D eigenvalue weighted by atomic mass is 19.3. The molecular weight excluding hydrogens is 174 g/mol. The molecule has 0 radical (unpaired) electrons.